The lowest BCUT2D eigenvalue weighted by Gasteiger charge is -2.19. The highest BCUT2D eigenvalue weighted by Gasteiger charge is 2.21. The molecule has 0 aliphatic heterocycles. The highest BCUT2D eigenvalue weighted by Crippen LogP contribution is 2.23. The maximum Gasteiger partial charge on any atom is 0.264 e. The summed E-state index contributed by atoms with van der Waals surface area (Å²) < 4.78 is 32.1. The van der Waals surface area contributed by atoms with Crippen molar-refractivity contribution in [3.05, 3.63) is 78.8 Å². The molecule has 1 aromatic heterocycles. The van der Waals surface area contributed by atoms with Crippen LogP contribution < -0.4 is 9.62 Å². The van der Waals surface area contributed by atoms with Crippen LogP contribution in [0.5, 0.6) is 0 Å². The maximum atomic E-state index is 12.9. The Hall–Kier alpha value is -3.06. The van der Waals surface area contributed by atoms with Crippen LogP contribution in [0.15, 0.2) is 82.3 Å². The van der Waals surface area contributed by atoms with Gasteiger partial charge in [0.1, 0.15) is 5.76 Å². The molecule has 0 saturated carbocycles. The van der Waals surface area contributed by atoms with Gasteiger partial charge in [-0.05, 0) is 42.5 Å². The summed E-state index contributed by atoms with van der Waals surface area (Å²) in [4.78, 5) is 12.2. The molecular formula is C20H20N2O4S. The summed E-state index contributed by atoms with van der Waals surface area (Å²) in [6, 6.07) is 18.6. The number of hydrogen-bond donors (Lipinski definition) is 1. The van der Waals surface area contributed by atoms with Crippen LogP contribution in [-0.2, 0) is 21.2 Å². The van der Waals surface area contributed by atoms with Gasteiger partial charge in [0.25, 0.3) is 10.0 Å². The third kappa shape index (κ3) is 4.57. The zero-order chi connectivity index (χ0) is 19.3. The van der Waals surface area contributed by atoms with Gasteiger partial charge in [0.05, 0.1) is 16.8 Å². The summed E-state index contributed by atoms with van der Waals surface area (Å²) in [5.41, 5.74) is 0.993. The predicted molar refractivity (Wildman–Crippen MR) is 104 cm³/mol. The van der Waals surface area contributed by atoms with E-state index in [4.69, 9.17) is 4.42 Å². The fourth-order valence-electron chi connectivity index (χ4n) is 2.58. The molecule has 27 heavy (non-hydrogen) atoms. The molecule has 1 heterocycles. The van der Waals surface area contributed by atoms with Gasteiger partial charge in [0.2, 0.25) is 5.91 Å². The van der Waals surface area contributed by atoms with E-state index in [9.17, 15) is 13.2 Å². The van der Waals surface area contributed by atoms with Gasteiger partial charge >= 0.3 is 0 Å². The van der Waals surface area contributed by atoms with Crippen LogP contribution in [0.2, 0.25) is 0 Å². The Morgan fingerprint density at radius 1 is 1.04 bits per heavy atom. The number of nitrogens with one attached hydrogen (secondary N) is 1. The van der Waals surface area contributed by atoms with Crippen LogP contribution in [0, 0.1) is 0 Å². The van der Waals surface area contributed by atoms with Crippen molar-refractivity contribution in [2.24, 2.45) is 0 Å². The van der Waals surface area contributed by atoms with Crippen LogP contribution in [0.1, 0.15) is 12.2 Å². The van der Waals surface area contributed by atoms with E-state index in [1.165, 1.54) is 23.5 Å². The smallest absolute Gasteiger partial charge is 0.264 e. The minimum absolute atomic E-state index is 0.109. The minimum atomic E-state index is -3.73. The molecule has 140 valence electrons. The molecule has 3 rings (SSSR count). The van der Waals surface area contributed by atoms with E-state index < -0.39 is 10.0 Å². The summed E-state index contributed by atoms with van der Waals surface area (Å²) >= 11 is 0. The second-order valence-corrected chi connectivity index (χ2v) is 7.93. The average Bonchev–Trinajstić information content (AvgIpc) is 3.20. The molecule has 0 saturated heterocycles. The van der Waals surface area contributed by atoms with E-state index in [0.29, 0.717) is 17.8 Å². The Bertz CT molecular complexity index is 999. The van der Waals surface area contributed by atoms with Gasteiger partial charge in [0.15, 0.2) is 0 Å². The minimum Gasteiger partial charge on any atom is -0.469 e. The van der Waals surface area contributed by atoms with Gasteiger partial charge in [0, 0.05) is 25.6 Å². The first-order chi connectivity index (χ1) is 13.0. The predicted octanol–water partition coefficient (Wildman–Crippen LogP) is 3.68. The van der Waals surface area contributed by atoms with Crippen LogP contribution in [0.3, 0.4) is 0 Å². The van der Waals surface area contributed by atoms with Gasteiger partial charge in [-0.3, -0.25) is 9.10 Å². The molecule has 0 radical (unpaired) electrons. The highest BCUT2D eigenvalue weighted by atomic mass is 32.2. The number of benzene rings is 2. The molecule has 0 fully saturated rings. The van der Waals surface area contributed by atoms with E-state index >= 15 is 0 Å². The van der Waals surface area contributed by atoms with Crippen LogP contribution in [0.25, 0.3) is 0 Å². The van der Waals surface area contributed by atoms with E-state index in [1.807, 2.05) is 6.07 Å². The van der Waals surface area contributed by atoms with Crippen LogP contribution >= 0.6 is 0 Å². The largest absolute Gasteiger partial charge is 0.469 e. The molecule has 0 unspecified atom stereocenters. The Morgan fingerprint density at radius 3 is 2.52 bits per heavy atom. The lowest BCUT2D eigenvalue weighted by atomic mass is 10.2. The summed E-state index contributed by atoms with van der Waals surface area (Å²) in [5.74, 6) is 0.517. The van der Waals surface area contributed by atoms with Gasteiger partial charge in [-0.1, -0.05) is 24.3 Å². The van der Waals surface area contributed by atoms with Crippen molar-refractivity contribution in [1.82, 2.24) is 0 Å². The zero-order valence-electron chi connectivity index (χ0n) is 14.8. The average molecular weight is 384 g/mol. The Balaban J connectivity index is 1.71. The third-order valence-electron chi connectivity index (χ3n) is 4.07. The number of carbonyl (C=O) groups excluding carboxylic acids is 1. The lowest BCUT2D eigenvalue weighted by molar-refractivity contribution is -0.116. The SMILES string of the molecule is CN(c1ccccc1)S(=O)(=O)c1cccc(NC(=O)CCc2ccco2)c1. The summed E-state index contributed by atoms with van der Waals surface area (Å²) in [5, 5.41) is 2.73. The van der Waals surface area contributed by atoms with Crippen molar-refractivity contribution in [2.45, 2.75) is 17.7 Å². The summed E-state index contributed by atoms with van der Waals surface area (Å²) in [7, 11) is -2.23. The van der Waals surface area contributed by atoms with Gasteiger partial charge in [-0.25, -0.2) is 8.42 Å². The topological polar surface area (TPSA) is 79.6 Å². The van der Waals surface area contributed by atoms with E-state index in [0.717, 1.165) is 5.76 Å². The summed E-state index contributed by atoms with van der Waals surface area (Å²) in [6.07, 6.45) is 2.28. The van der Waals surface area contributed by atoms with Gasteiger partial charge in [-0.15, -0.1) is 0 Å². The number of furan rings is 1. The highest BCUT2D eigenvalue weighted by molar-refractivity contribution is 7.92. The fraction of sp³-hybridized carbons (Fsp3) is 0.150. The number of nitrogens with zero attached hydrogens (tertiary/aromatic N) is 1. The molecule has 0 spiro atoms. The molecule has 0 aliphatic rings. The van der Waals surface area contributed by atoms with Gasteiger partial charge < -0.3 is 9.73 Å². The lowest BCUT2D eigenvalue weighted by Crippen LogP contribution is -2.26. The number of hydrogen-bond acceptors (Lipinski definition) is 4. The Labute approximate surface area is 158 Å². The van der Waals surface area contributed by atoms with Crippen molar-refractivity contribution in [3.63, 3.8) is 0 Å². The number of sulfonamides is 1. The molecule has 6 nitrogen and oxygen atoms in total. The molecule has 7 heteroatoms. The molecular weight excluding hydrogens is 364 g/mol. The van der Waals surface area contributed by atoms with Crippen molar-refractivity contribution in [1.29, 1.82) is 0 Å². The Morgan fingerprint density at radius 2 is 1.81 bits per heavy atom. The van der Waals surface area contributed by atoms with Crippen molar-refractivity contribution >= 4 is 27.3 Å². The molecule has 0 aliphatic carbocycles. The second kappa shape index (κ2) is 8.09. The number of anilines is 2. The first-order valence-electron chi connectivity index (χ1n) is 8.43. The molecule has 0 bridgehead atoms. The quantitative estimate of drug-likeness (QED) is 0.674. The Kier molecular flexibility index (Phi) is 5.61. The van der Waals surface area contributed by atoms with Gasteiger partial charge in [-0.2, -0.15) is 0 Å². The van der Waals surface area contributed by atoms with Crippen molar-refractivity contribution in [2.75, 3.05) is 16.7 Å². The first kappa shape index (κ1) is 18.7. The van der Waals surface area contributed by atoms with E-state index in [1.54, 1.807) is 54.8 Å². The number of para-hydroxylation sites is 1. The van der Waals surface area contributed by atoms with Crippen LogP contribution in [-0.4, -0.2) is 21.4 Å². The number of carbonyl (C=O) groups is 1. The van der Waals surface area contributed by atoms with Crippen LogP contribution in [0.4, 0.5) is 11.4 Å². The summed E-state index contributed by atoms with van der Waals surface area (Å²) in [6.45, 7) is 0. The number of aryl methyl sites for hydroxylation is 1. The fourth-order valence-corrected chi connectivity index (χ4v) is 3.83. The maximum absolute atomic E-state index is 12.9. The second-order valence-electron chi connectivity index (χ2n) is 5.96. The molecule has 1 amide bonds. The molecule has 1 N–H and O–H groups in total. The van der Waals surface area contributed by atoms with Crippen molar-refractivity contribution < 1.29 is 17.6 Å². The van der Waals surface area contributed by atoms with E-state index in [2.05, 4.69) is 5.32 Å². The number of rotatable bonds is 7. The molecule has 3 aromatic rings. The van der Waals surface area contributed by atoms with E-state index in [-0.39, 0.29) is 17.2 Å². The molecule has 0 atom stereocenters. The first-order valence-corrected chi connectivity index (χ1v) is 9.87. The third-order valence-corrected chi connectivity index (χ3v) is 5.86. The zero-order valence-corrected chi connectivity index (χ0v) is 15.6. The standard InChI is InChI=1S/C20H20N2O4S/c1-22(17-8-3-2-4-9-17)27(24,25)19-11-5-7-16(15-19)21-20(23)13-12-18-10-6-14-26-18/h2-11,14-15H,12-13H2,1H3,(H,21,23). The number of amides is 1. The molecule has 2 aromatic carbocycles. The monoisotopic (exact) mass is 384 g/mol. The van der Waals surface area contributed by atoms with Crippen molar-refractivity contribution in [3.8, 4) is 0 Å². The normalized spacial score (nSPS) is 11.1.